The molecule has 1 heterocycles. The number of aromatic nitrogens is 1. The van der Waals surface area contributed by atoms with Crippen LogP contribution in [0.1, 0.15) is 22.8 Å². The molecule has 27 heavy (non-hydrogen) atoms. The Morgan fingerprint density at radius 3 is 2.52 bits per heavy atom. The maximum Gasteiger partial charge on any atom is 0.257 e. The lowest BCUT2D eigenvalue weighted by molar-refractivity contribution is 0.102. The van der Waals surface area contributed by atoms with Gasteiger partial charge in [-0.05, 0) is 55.0 Å². The Hall–Kier alpha value is -3.05. The fourth-order valence-electron chi connectivity index (χ4n) is 2.46. The summed E-state index contributed by atoms with van der Waals surface area (Å²) in [7, 11) is 0. The number of pyridine rings is 1. The van der Waals surface area contributed by atoms with Crippen LogP contribution in [0.2, 0.25) is 5.02 Å². The van der Waals surface area contributed by atoms with Crippen LogP contribution in [0.15, 0.2) is 66.9 Å². The predicted octanol–water partition coefficient (Wildman–Crippen LogP) is 5.00. The second-order valence-electron chi connectivity index (χ2n) is 5.79. The second-order valence-corrected chi connectivity index (χ2v) is 6.20. The number of nitrogens with one attached hydrogen (secondary N) is 2. The first-order chi connectivity index (χ1) is 13.2. The van der Waals surface area contributed by atoms with Gasteiger partial charge in [0.15, 0.2) is 0 Å². The molecule has 0 aliphatic carbocycles. The molecular formula is C21H20ClN3O2. The lowest BCUT2D eigenvalue weighted by Gasteiger charge is -2.09. The lowest BCUT2D eigenvalue weighted by Crippen LogP contribution is -2.12. The summed E-state index contributed by atoms with van der Waals surface area (Å²) in [6.07, 6.45) is 1.54. The van der Waals surface area contributed by atoms with Crippen molar-refractivity contribution in [2.75, 3.05) is 17.2 Å². The second kappa shape index (κ2) is 9.05. The minimum atomic E-state index is -0.218. The summed E-state index contributed by atoms with van der Waals surface area (Å²) in [4.78, 5) is 16.6. The Morgan fingerprint density at radius 2 is 1.85 bits per heavy atom. The van der Waals surface area contributed by atoms with Crippen LogP contribution >= 0.6 is 11.6 Å². The molecule has 0 unspecified atom stereocenters. The van der Waals surface area contributed by atoms with Crippen molar-refractivity contribution in [1.29, 1.82) is 0 Å². The maximum atomic E-state index is 12.3. The van der Waals surface area contributed by atoms with E-state index in [9.17, 15) is 4.79 Å². The molecule has 0 aliphatic heterocycles. The fourth-order valence-corrected chi connectivity index (χ4v) is 2.67. The first-order valence-electron chi connectivity index (χ1n) is 8.63. The number of carbonyl (C=O) groups is 1. The molecule has 0 radical (unpaired) electrons. The molecule has 138 valence electrons. The van der Waals surface area contributed by atoms with E-state index >= 15 is 0 Å². The number of ether oxygens (including phenoxy) is 1. The largest absolute Gasteiger partial charge is 0.494 e. The monoisotopic (exact) mass is 381 g/mol. The Balaban J connectivity index is 1.57. The molecule has 0 spiro atoms. The molecule has 3 rings (SSSR count). The lowest BCUT2D eigenvalue weighted by atomic mass is 10.2. The number of nitrogens with zero attached hydrogens (tertiary/aromatic N) is 1. The van der Waals surface area contributed by atoms with E-state index in [2.05, 4.69) is 15.6 Å². The van der Waals surface area contributed by atoms with E-state index in [0.29, 0.717) is 35.2 Å². The van der Waals surface area contributed by atoms with Crippen LogP contribution in [0.5, 0.6) is 5.75 Å². The molecule has 0 saturated carbocycles. The third-order valence-corrected chi connectivity index (χ3v) is 4.24. The van der Waals surface area contributed by atoms with Crippen molar-refractivity contribution in [1.82, 2.24) is 4.98 Å². The summed E-state index contributed by atoms with van der Waals surface area (Å²) in [6.45, 7) is 3.09. The molecule has 0 atom stereocenters. The van der Waals surface area contributed by atoms with E-state index < -0.39 is 0 Å². The van der Waals surface area contributed by atoms with Crippen LogP contribution in [0.3, 0.4) is 0 Å². The van der Waals surface area contributed by atoms with Gasteiger partial charge in [-0.15, -0.1) is 0 Å². The normalized spacial score (nSPS) is 10.3. The molecule has 0 bridgehead atoms. The van der Waals surface area contributed by atoms with Gasteiger partial charge in [-0.25, -0.2) is 4.98 Å². The third-order valence-electron chi connectivity index (χ3n) is 3.87. The van der Waals surface area contributed by atoms with Gasteiger partial charge in [0.25, 0.3) is 5.91 Å². The number of halogens is 1. The van der Waals surface area contributed by atoms with Gasteiger partial charge in [-0.1, -0.05) is 29.8 Å². The minimum absolute atomic E-state index is 0.218. The number of rotatable bonds is 7. The maximum absolute atomic E-state index is 12.3. The van der Waals surface area contributed by atoms with Crippen LogP contribution < -0.4 is 15.4 Å². The molecule has 6 heteroatoms. The Morgan fingerprint density at radius 1 is 1.07 bits per heavy atom. The van der Waals surface area contributed by atoms with Gasteiger partial charge in [0.2, 0.25) is 0 Å². The van der Waals surface area contributed by atoms with Crippen LogP contribution in [-0.2, 0) is 6.54 Å². The summed E-state index contributed by atoms with van der Waals surface area (Å²) >= 11 is 6.14. The molecule has 0 saturated heterocycles. The SMILES string of the molecule is CCOc1ccc(NC(=O)c2ccc(NCc3ccccc3Cl)nc2)cc1. The summed E-state index contributed by atoms with van der Waals surface area (Å²) < 4.78 is 5.39. The number of anilines is 2. The van der Waals surface area contributed by atoms with Crippen LogP contribution in [0, 0.1) is 0 Å². The molecule has 2 aromatic carbocycles. The third kappa shape index (κ3) is 5.21. The van der Waals surface area contributed by atoms with Crippen molar-refractivity contribution >= 4 is 29.0 Å². The standard InChI is InChI=1S/C21H20ClN3O2/c1-2-27-18-10-8-17(9-11-18)25-21(26)16-7-12-20(24-14-16)23-13-15-5-3-4-6-19(15)22/h3-12,14H,2,13H2,1H3,(H,23,24)(H,25,26). The molecule has 1 amide bonds. The Kier molecular flexibility index (Phi) is 6.28. The van der Waals surface area contributed by atoms with Crippen molar-refractivity contribution in [2.24, 2.45) is 0 Å². The number of amides is 1. The summed E-state index contributed by atoms with van der Waals surface area (Å²) in [5, 5.41) is 6.74. The number of carbonyl (C=O) groups excluding carboxylic acids is 1. The topological polar surface area (TPSA) is 63.2 Å². The van der Waals surface area contributed by atoms with E-state index in [-0.39, 0.29) is 5.91 Å². The average molecular weight is 382 g/mol. The van der Waals surface area contributed by atoms with Gasteiger partial charge < -0.3 is 15.4 Å². The first-order valence-corrected chi connectivity index (χ1v) is 9.01. The quantitative estimate of drug-likeness (QED) is 0.604. The molecule has 0 aliphatic rings. The van der Waals surface area contributed by atoms with E-state index in [1.807, 2.05) is 43.3 Å². The Bertz CT molecular complexity index is 896. The highest BCUT2D eigenvalue weighted by atomic mass is 35.5. The molecule has 2 N–H and O–H groups in total. The smallest absolute Gasteiger partial charge is 0.257 e. The molecule has 0 fully saturated rings. The van der Waals surface area contributed by atoms with Crippen molar-refractivity contribution in [3.8, 4) is 5.75 Å². The molecular weight excluding hydrogens is 362 g/mol. The zero-order chi connectivity index (χ0) is 19.1. The zero-order valence-corrected chi connectivity index (χ0v) is 15.7. The number of hydrogen-bond donors (Lipinski definition) is 2. The van der Waals surface area contributed by atoms with Gasteiger partial charge >= 0.3 is 0 Å². The van der Waals surface area contributed by atoms with Crippen molar-refractivity contribution in [3.05, 3.63) is 83.0 Å². The van der Waals surface area contributed by atoms with E-state index in [0.717, 1.165) is 11.3 Å². The van der Waals surface area contributed by atoms with Gasteiger partial charge in [-0.2, -0.15) is 0 Å². The predicted molar refractivity (Wildman–Crippen MR) is 109 cm³/mol. The summed E-state index contributed by atoms with van der Waals surface area (Å²) in [5.41, 5.74) is 2.16. The molecule has 3 aromatic rings. The van der Waals surface area contributed by atoms with Gasteiger partial charge in [0.1, 0.15) is 11.6 Å². The highest BCUT2D eigenvalue weighted by molar-refractivity contribution is 6.31. The summed E-state index contributed by atoms with van der Waals surface area (Å²) in [5.74, 6) is 1.22. The average Bonchev–Trinajstić information content (AvgIpc) is 2.69. The van der Waals surface area contributed by atoms with Gasteiger partial charge in [0.05, 0.1) is 12.2 Å². The minimum Gasteiger partial charge on any atom is -0.494 e. The van der Waals surface area contributed by atoms with Crippen LogP contribution in [0.4, 0.5) is 11.5 Å². The van der Waals surface area contributed by atoms with Gasteiger partial charge in [-0.3, -0.25) is 4.79 Å². The van der Waals surface area contributed by atoms with Crippen molar-refractivity contribution in [2.45, 2.75) is 13.5 Å². The molecule has 1 aromatic heterocycles. The Labute approximate surface area is 163 Å². The highest BCUT2D eigenvalue weighted by Gasteiger charge is 2.07. The first kappa shape index (κ1) is 18.7. The van der Waals surface area contributed by atoms with E-state index in [1.54, 1.807) is 30.5 Å². The summed E-state index contributed by atoms with van der Waals surface area (Å²) in [6, 6.07) is 18.4. The van der Waals surface area contributed by atoms with E-state index in [1.165, 1.54) is 0 Å². The van der Waals surface area contributed by atoms with Crippen molar-refractivity contribution in [3.63, 3.8) is 0 Å². The number of hydrogen-bond acceptors (Lipinski definition) is 4. The molecule has 5 nitrogen and oxygen atoms in total. The van der Waals surface area contributed by atoms with Crippen molar-refractivity contribution < 1.29 is 9.53 Å². The highest BCUT2D eigenvalue weighted by Crippen LogP contribution is 2.18. The number of benzene rings is 2. The van der Waals surface area contributed by atoms with E-state index in [4.69, 9.17) is 16.3 Å². The van der Waals surface area contributed by atoms with Gasteiger partial charge in [0, 0.05) is 23.5 Å². The zero-order valence-electron chi connectivity index (χ0n) is 14.9. The fraction of sp³-hybridized carbons (Fsp3) is 0.143. The van der Waals surface area contributed by atoms with Crippen LogP contribution in [0.25, 0.3) is 0 Å². The van der Waals surface area contributed by atoms with Crippen LogP contribution in [-0.4, -0.2) is 17.5 Å².